The third-order valence-electron chi connectivity index (χ3n) is 3.58. The zero-order valence-electron chi connectivity index (χ0n) is 12.7. The molecule has 1 nitrogen and oxygen atoms in total. The van der Waals surface area contributed by atoms with Crippen LogP contribution < -0.4 is 0 Å². The first kappa shape index (κ1) is 15.2. The molecule has 0 saturated carbocycles. The molecule has 2 heterocycles. The smallest absolute Gasteiger partial charge is 0.0404 e. The van der Waals surface area contributed by atoms with Crippen LogP contribution in [0.15, 0.2) is 30.5 Å². The lowest BCUT2D eigenvalue weighted by Gasteiger charge is -2.01. The van der Waals surface area contributed by atoms with E-state index in [-0.39, 0.29) is 0 Å². The maximum atomic E-state index is 4.58. The summed E-state index contributed by atoms with van der Waals surface area (Å²) in [6.07, 6.45) is 10.8. The van der Waals surface area contributed by atoms with Crippen molar-refractivity contribution >= 4 is 11.3 Å². The van der Waals surface area contributed by atoms with Crippen LogP contribution in [0.3, 0.4) is 0 Å². The van der Waals surface area contributed by atoms with E-state index in [1.807, 2.05) is 17.5 Å². The Labute approximate surface area is 127 Å². The normalized spacial score (nSPS) is 10.9. The van der Waals surface area contributed by atoms with Crippen molar-refractivity contribution in [1.82, 2.24) is 4.98 Å². The van der Waals surface area contributed by atoms with Crippen LogP contribution in [0.2, 0.25) is 0 Å². The molecule has 2 aromatic heterocycles. The molecule has 2 aromatic rings. The molecule has 2 rings (SSSR count). The van der Waals surface area contributed by atoms with Crippen LogP contribution >= 0.6 is 11.3 Å². The van der Waals surface area contributed by atoms with E-state index in [1.54, 1.807) is 0 Å². The number of nitrogens with zero attached hydrogens (tertiary/aromatic N) is 1. The zero-order valence-corrected chi connectivity index (χ0v) is 13.5. The average molecular weight is 287 g/mol. The predicted octanol–water partition coefficient (Wildman–Crippen LogP) is 5.89. The van der Waals surface area contributed by atoms with Crippen LogP contribution in [-0.2, 0) is 12.8 Å². The van der Waals surface area contributed by atoms with Gasteiger partial charge in [0.1, 0.15) is 0 Å². The average Bonchev–Trinajstić information content (AvgIpc) is 2.95. The quantitative estimate of drug-likeness (QED) is 0.552. The van der Waals surface area contributed by atoms with Gasteiger partial charge in [0.2, 0.25) is 0 Å². The van der Waals surface area contributed by atoms with Crippen LogP contribution in [0.25, 0.3) is 10.4 Å². The summed E-state index contributed by atoms with van der Waals surface area (Å²) >= 11 is 1.92. The summed E-state index contributed by atoms with van der Waals surface area (Å²) in [6.45, 7) is 4.48. The van der Waals surface area contributed by atoms with E-state index < -0.39 is 0 Å². The Morgan fingerprint density at radius 2 is 1.75 bits per heavy atom. The lowest BCUT2D eigenvalue weighted by atomic mass is 10.1. The van der Waals surface area contributed by atoms with Crippen LogP contribution in [0, 0.1) is 0 Å². The molecule has 0 bridgehead atoms. The van der Waals surface area contributed by atoms with Crippen molar-refractivity contribution < 1.29 is 0 Å². The summed E-state index contributed by atoms with van der Waals surface area (Å²) < 4.78 is 0. The molecule has 0 aromatic carbocycles. The van der Waals surface area contributed by atoms with Crippen molar-refractivity contribution in [2.75, 3.05) is 0 Å². The van der Waals surface area contributed by atoms with Gasteiger partial charge < -0.3 is 0 Å². The van der Waals surface area contributed by atoms with Gasteiger partial charge in [-0.15, -0.1) is 11.3 Å². The summed E-state index contributed by atoms with van der Waals surface area (Å²) in [5.41, 5.74) is 2.48. The molecule has 2 heteroatoms. The SMILES string of the molecule is CCCCCc1ccc(-c2ccc(CCCC)nc2)s1. The number of pyridine rings is 1. The van der Waals surface area contributed by atoms with Gasteiger partial charge in [-0.25, -0.2) is 0 Å². The second kappa shape index (κ2) is 8.21. The van der Waals surface area contributed by atoms with Crippen LogP contribution in [0.1, 0.15) is 56.5 Å². The van der Waals surface area contributed by atoms with Crippen molar-refractivity contribution in [2.24, 2.45) is 0 Å². The first-order valence-corrected chi connectivity index (χ1v) is 8.69. The van der Waals surface area contributed by atoms with E-state index in [9.17, 15) is 0 Å². The van der Waals surface area contributed by atoms with E-state index >= 15 is 0 Å². The third-order valence-corrected chi connectivity index (χ3v) is 4.78. The van der Waals surface area contributed by atoms with E-state index in [2.05, 4.69) is 43.1 Å². The van der Waals surface area contributed by atoms with Gasteiger partial charge in [-0.3, -0.25) is 4.98 Å². The first-order valence-electron chi connectivity index (χ1n) is 7.87. The minimum Gasteiger partial charge on any atom is -0.261 e. The standard InChI is InChI=1S/C18H25NS/c1-3-5-7-9-17-12-13-18(20-17)15-10-11-16(19-14-15)8-6-4-2/h10-14H,3-9H2,1-2H3. The monoisotopic (exact) mass is 287 g/mol. The molecule has 0 aliphatic rings. The summed E-state index contributed by atoms with van der Waals surface area (Å²) in [5, 5.41) is 0. The van der Waals surface area contributed by atoms with Crippen molar-refractivity contribution in [3.63, 3.8) is 0 Å². The number of aromatic nitrogens is 1. The van der Waals surface area contributed by atoms with Crippen LogP contribution in [0.5, 0.6) is 0 Å². The minimum absolute atomic E-state index is 1.10. The highest BCUT2D eigenvalue weighted by molar-refractivity contribution is 7.15. The maximum Gasteiger partial charge on any atom is 0.0404 e. The molecule has 20 heavy (non-hydrogen) atoms. The number of unbranched alkanes of at least 4 members (excludes halogenated alkanes) is 3. The topological polar surface area (TPSA) is 12.9 Å². The molecule has 0 radical (unpaired) electrons. The Kier molecular flexibility index (Phi) is 6.25. The Morgan fingerprint density at radius 3 is 2.45 bits per heavy atom. The van der Waals surface area contributed by atoms with Gasteiger partial charge >= 0.3 is 0 Å². The molecule has 0 unspecified atom stereocenters. The minimum atomic E-state index is 1.10. The Balaban J connectivity index is 1.97. The Hall–Kier alpha value is -1.15. The fraction of sp³-hybridized carbons (Fsp3) is 0.500. The number of hydrogen-bond acceptors (Lipinski definition) is 2. The number of rotatable bonds is 8. The van der Waals surface area contributed by atoms with E-state index in [4.69, 9.17) is 0 Å². The zero-order chi connectivity index (χ0) is 14.2. The summed E-state index contributed by atoms with van der Waals surface area (Å²) in [5.74, 6) is 0. The predicted molar refractivity (Wildman–Crippen MR) is 89.4 cm³/mol. The highest BCUT2D eigenvalue weighted by Crippen LogP contribution is 2.28. The molecule has 0 fully saturated rings. The van der Waals surface area contributed by atoms with E-state index in [0.29, 0.717) is 0 Å². The highest BCUT2D eigenvalue weighted by atomic mass is 32.1. The second-order valence-electron chi connectivity index (χ2n) is 5.36. The lowest BCUT2D eigenvalue weighted by molar-refractivity contribution is 0.722. The third kappa shape index (κ3) is 4.45. The van der Waals surface area contributed by atoms with Gasteiger partial charge in [0.25, 0.3) is 0 Å². The van der Waals surface area contributed by atoms with Crippen molar-refractivity contribution in [3.05, 3.63) is 41.0 Å². The molecule has 0 aliphatic carbocycles. The van der Waals surface area contributed by atoms with E-state index in [1.165, 1.54) is 59.5 Å². The highest BCUT2D eigenvalue weighted by Gasteiger charge is 2.04. The van der Waals surface area contributed by atoms with Crippen molar-refractivity contribution in [3.8, 4) is 10.4 Å². The molecular formula is C18H25NS. The molecule has 0 amide bonds. The maximum absolute atomic E-state index is 4.58. The van der Waals surface area contributed by atoms with E-state index in [0.717, 1.165) is 6.42 Å². The van der Waals surface area contributed by atoms with Gasteiger partial charge in [0.05, 0.1) is 0 Å². The Bertz CT molecular complexity index is 498. The van der Waals surface area contributed by atoms with Gasteiger partial charge in [0.15, 0.2) is 0 Å². The largest absolute Gasteiger partial charge is 0.261 e. The summed E-state index contributed by atoms with van der Waals surface area (Å²) in [4.78, 5) is 7.44. The number of thiophene rings is 1. The van der Waals surface area contributed by atoms with Crippen molar-refractivity contribution in [1.29, 1.82) is 0 Å². The van der Waals surface area contributed by atoms with Crippen molar-refractivity contribution in [2.45, 2.75) is 58.8 Å². The lowest BCUT2D eigenvalue weighted by Crippen LogP contribution is -1.89. The van der Waals surface area contributed by atoms with Gasteiger partial charge in [-0.1, -0.05) is 39.2 Å². The van der Waals surface area contributed by atoms with Crippen LogP contribution in [-0.4, -0.2) is 4.98 Å². The number of hydrogen-bond donors (Lipinski definition) is 0. The number of aryl methyl sites for hydroxylation is 2. The fourth-order valence-corrected chi connectivity index (χ4v) is 3.33. The summed E-state index contributed by atoms with van der Waals surface area (Å²) in [7, 11) is 0. The Morgan fingerprint density at radius 1 is 0.900 bits per heavy atom. The summed E-state index contributed by atoms with van der Waals surface area (Å²) in [6, 6.07) is 8.93. The van der Waals surface area contributed by atoms with Gasteiger partial charge in [0, 0.05) is 27.2 Å². The second-order valence-corrected chi connectivity index (χ2v) is 6.53. The molecule has 0 atom stereocenters. The molecular weight excluding hydrogens is 262 g/mol. The fourth-order valence-electron chi connectivity index (χ4n) is 2.29. The molecule has 108 valence electrons. The van der Waals surface area contributed by atoms with Gasteiger partial charge in [-0.2, -0.15) is 0 Å². The molecule has 0 aliphatic heterocycles. The molecule has 0 N–H and O–H groups in total. The van der Waals surface area contributed by atoms with Crippen LogP contribution in [0.4, 0.5) is 0 Å². The first-order chi connectivity index (χ1) is 9.83. The molecule has 0 saturated heterocycles. The van der Waals surface area contributed by atoms with Gasteiger partial charge in [-0.05, 0) is 43.9 Å². The molecule has 0 spiro atoms.